The van der Waals surface area contributed by atoms with Crippen molar-refractivity contribution < 1.29 is 4.48 Å². The van der Waals surface area contributed by atoms with E-state index in [4.69, 9.17) is 11.6 Å². The summed E-state index contributed by atoms with van der Waals surface area (Å²) in [4.78, 5) is 4.13. The van der Waals surface area contributed by atoms with Gasteiger partial charge in [0.1, 0.15) is 22.4 Å². The standard InChI is InChI=1S/C14H13ClN3S/c1-10-13(12-3-2-5-17-14(12)15)7-11-4-6-19-9-18(10,11)8-16/h2-3,5,7H,4,6,9H2,1H3/q+1. The third-order valence-electron chi connectivity index (χ3n) is 3.77. The zero-order valence-corrected chi connectivity index (χ0v) is 12.1. The molecular weight excluding hydrogens is 278 g/mol. The van der Waals surface area contributed by atoms with Gasteiger partial charge in [-0.2, -0.15) is 4.48 Å². The van der Waals surface area contributed by atoms with Crippen LogP contribution in [0.2, 0.25) is 5.15 Å². The number of hydrogen-bond donors (Lipinski definition) is 0. The molecule has 2 aliphatic heterocycles. The first-order valence-corrected chi connectivity index (χ1v) is 7.63. The quantitative estimate of drug-likeness (QED) is 0.449. The van der Waals surface area contributed by atoms with Crippen molar-refractivity contribution in [1.29, 1.82) is 5.26 Å². The highest BCUT2D eigenvalue weighted by molar-refractivity contribution is 7.99. The minimum atomic E-state index is 0.325. The number of hydrogen-bond acceptors (Lipinski definition) is 3. The first-order chi connectivity index (χ1) is 9.19. The minimum Gasteiger partial charge on any atom is -0.244 e. The third-order valence-corrected chi connectivity index (χ3v) is 5.13. The van der Waals surface area contributed by atoms with Gasteiger partial charge in [0.2, 0.25) is 0 Å². The van der Waals surface area contributed by atoms with Crippen LogP contribution in [0.4, 0.5) is 0 Å². The number of nitrogens with zero attached hydrogens (tertiary/aromatic N) is 3. The van der Waals surface area contributed by atoms with E-state index in [0.29, 0.717) is 9.64 Å². The number of aromatic nitrogens is 1. The Hall–Kier alpha value is -1.28. The van der Waals surface area contributed by atoms with E-state index in [-0.39, 0.29) is 0 Å². The van der Waals surface area contributed by atoms with E-state index in [1.165, 1.54) is 5.70 Å². The number of pyridine rings is 1. The molecule has 0 amide bonds. The van der Waals surface area contributed by atoms with Crippen molar-refractivity contribution in [3.05, 3.63) is 46.5 Å². The van der Waals surface area contributed by atoms with Gasteiger partial charge in [-0.3, -0.25) is 0 Å². The Labute approximate surface area is 121 Å². The van der Waals surface area contributed by atoms with Gasteiger partial charge in [0, 0.05) is 42.5 Å². The molecule has 1 aromatic rings. The SMILES string of the molecule is CC1=C(c2cccnc2Cl)C=C2CCSC[N+]21C#N. The first-order valence-electron chi connectivity index (χ1n) is 6.10. The van der Waals surface area contributed by atoms with E-state index in [2.05, 4.69) is 17.3 Å². The summed E-state index contributed by atoms with van der Waals surface area (Å²) >= 11 is 8.01. The molecule has 0 aliphatic carbocycles. The van der Waals surface area contributed by atoms with Crippen LogP contribution in [0, 0.1) is 11.5 Å². The first kappa shape index (κ1) is 12.7. The number of allylic oxidation sites excluding steroid dienone is 4. The highest BCUT2D eigenvalue weighted by Crippen LogP contribution is 2.45. The van der Waals surface area contributed by atoms with Gasteiger partial charge in [0.15, 0.2) is 0 Å². The minimum absolute atomic E-state index is 0.325. The molecule has 0 radical (unpaired) electrons. The molecule has 0 spiro atoms. The smallest absolute Gasteiger partial charge is 0.244 e. The molecule has 0 aromatic carbocycles. The number of thioether (sulfide) groups is 1. The van der Waals surface area contributed by atoms with Crippen LogP contribution in [0.15, 0.2) is 35.8 Å². The molecule has 96 valence electrons. The van der Waals surface area contributed by atoms with Crippen LogP contribution in [0.5, 0.6) is 0 Å². The molecule has 1 fully saturated rings. The number of fused-ring (bicyclic) bond motifs is 1. The molecule has 0 saturated carbocycles. The lowest BCUT2D eigenvalue weighted by Crippen LogP contribution is -2.40. The third kappa shape index (κ3) is 1.81. The highest BCUT2D eigenvalue weighted by Gasteiger charge is 2.45. The molecule has 3 rings (SSSR count). The van der Waals surface area contributed by atoms with Gasteiger partial charge in [-0.25, -0.2) is 4.98 Å². The van der Waals surface area contributed by atoms with Gasteiger partial charge in [-0.1, -0.05) is 11.6 Å². The maximum absolute atomic E-state index is 9.64. The lowest BCUT2D eigenvalue weighted by atomic mass is 10.1. The Morgan fingerprint density at radius 1 is 1.53 bits per heavy atom. The lowest BCUT2D eigenvalue weighted by Gasteiger charge is -2.31. The molecule has 2 aliphatic rings. The molecule has 0 N–H and O–H groups in total. The average Bonchev–Trinajstić information content (AvgIpc) is 2.74. The summed E-state index contributed by atoms with van der Waals surface area (Å²) in [6.45, 7) is 2.03. The van der Waals surface area contributed by atoms with Crippen molar-refractivity contribution in [3.63, 3.8) is 0 Å². The number of halogens is 1. The summed E-state index contributed by atoms with van der Waals surface area (Å²) < 4.78 is 0.325. The fraction of sp³-hybridized carbons (Fsp3) is 0.286. The van der Waals surface area contributed by atoms with E-state index in [0.717, 1.165) is 34.9 Å². The molecular formula is C14H13ClN3S+. The molecule has 1 saturated heterocycles. The van der Waals surface area contributed by atoms with Crippen molar-refractivity contribution in [2.75, 3.05) is 11.6 Å². The van der Waals surface area contributed by atoms with E-state index in [9.17, 15) is 5.26 Å². The van der Waals surface area contributed by atoms with Gasteiger partial charge in [-0.15, -0.1) is 17.0 Å². The second-order valence-electron chi connectivity index (χ2n) is 4.67. The van der Waals surface area contributed by atoms with E-state index >= 15 is 0 Å². The van der Waals surface area contributed by atoms with Gasteiger partial charge in [0.05, 0.1) is 0 Å². The van der Waals surface area contributed by atoms with Crippen LogP contribution in [-0.2, 0) is 0 Å². The molecule has 0 bridgehead atoms. The number of rotatable bonds is 1. The van der Waals surface area contributed by atoms with Crippen LogP contribution in [0.3, 0.4) is 0 Å². The monoisotopic (exact) mass is 290 g/mol. The zero-order chi connectivity index (χ0) is 13.5. The maximum Gasteiger partial charge on any atom is 0.319 e. The fourth-order valence-electron chi connectivity index (χ4n) is 2.65. The van der Waals surface area contributed by atoms with Crippen molar-refractivity contribution in [1.82, 2.24) is 4.98 Å². The fourth-order valence-corrected chi connectivity index (χ4v) is 4.05. The Kier molecular flexibility index (Phi) is 3.14. The van der Waals surface area contributed by atoms with Crippen LogP contribution >= 0.6 is 23.4 Å². The van der Waals surface area contributed by atoms with Crippen molar-refractivity contribution in [2.45, 2.75) is 13.3 Å². The predicted molar refractivity (Wildman–Crippen MR) is 77.7 cm³/mol. The molecule has 3 nitrogen and oxygen atoms in total. The summed E-state index contributed by atoms with van der Waals surface area (Å²) in [5, 5.41) is 10.1. The molecule has 3 heterocycles. The van der Waals surface area contributed by atoms with Crippen LogP contribution in [-0.4, -0.2) is 21.1 Å². The van der Waals surface area contributed by atoms with Crippen molar-refractivity contribution in [3.8, 4) is 6.19 Å². The van der Waals surface area contributed by atoms with Gasteiger partial charge < -0.3 is 0 Å². The molecule has 1 unspecified atom stereocenters. The summed E-state index contributed by atoms with van der Waals surface area (Å²) in [6, 6.07) is 3.84. The summed E-state index contributed by atoms with van der Waals surface area (Å²) in [5.74, 6) is 1.87. The maximum atomic E-state index is 9.64. The average molecular weight is 291 g/mol. The summed E-state index contributed by atoms with van der Waals surface area (Å²) in [7, 11) is 0. The van der Waals surface area contributed by atoms with E-state index in [1.807, 2.05) is 30.8 Å². The molecule has 5 heteroatoms. The summed E-state index contributed by atoms with van der Waals surface area (Å²) in [6.07, 6.45) is 7.24. The lowest BCUT2D eigenvalue weighted by molar-refractivity contribution is -0.772. The molecule has 19 heavy (non-hydrogen) atoms. The second kappa shape index (κ2) is 4.68. The highest BCUT2D eigenvalue weighted by atomic mass is 35.5. The largest absolute Gasteiger partial charge is 0.319 e. The predicted octanol–water partition coefficient (Wildman–Crippen LogP) is 3.76. The Morgan fingerprint density at radius 2 is 2.37 bits per heavy atom. The van der Waals surface area contributed by atoms with Crippen LogP contribution < -0.4 is 0 Å². The van der Waals surface area contributed by atoms with Crippen LogP contribution in [0.25, 0.3) is 5.57 Å². The molecule has 1 atom stereocenters. The van der Waals surface area contributed by atoms with E-state index in [1.54, 1.807) is 6.20 Å². The van der Waals surface area contributed by atoms with E-state index < -0.39 is 0 Å². The van der Waals surface area contributed by atoms with Gasteiger partial charge in [-0.05, 0) is 12.1 Å². The molecule has 1 aromatic heterocycles. The Balaban J connectivity index is 2.18. The van der Waals surface area contributed by atoms with Crippen molar-refractivity contribution in [2.24, 2.45) is 0 Å². The Bertz CT molecular complexity index is 644. The number of quaternary nitrogens is 1. The normalized spacial score (nSPS) is 25.8. The zero-order valence-electron chi connectivity index (χ0n) is 10.6. The topological polar surface area (TPSA) is 36.7 Å². The summed E-state index contributed by atoms with van der Waals surface area (Å²) in [5.41, 5.74) is 4.20. The second-order valence-corrected chi connectivity index (χ2v) is 6.11. The Morgan fingerprint density at radius 3 is 3.05 bits per heavy atom. The number of nitriles is 1. The van der Waals surface area contributed by atoms with Crippen molar-refractivity contribution >= 4 is 28.9 Å². The van der Waals surface area contributed by atoms with Gasteiger partial charge in [0.25, 0.3) is 0 Å². The van der Waals surface area contributed by atoms with Crippen LogP contribution in [0.1, 0.15) is 18.9 Å². The van der Waals surface area contributed by atoms with Gasteiger partial charge >= 0.3 is 6.19 Å².